The molecule has 1 aliphatic heterocycles. The Balaban J connectivity index is 1.20. The van der Waals surface area contributed by atoms with Gasteiger partial charge in [0.1, 0.15) is 11.9 Å². The number of halogens is 1. The van der Waals surface area contributed by atoms with Gasteiger partial charge in [-0.3, -0.25) is 4.79 Å². The molecule has 5 aromatic rings. The van der Waals surface area contributed by atoms with E-state index in [-0.39, 0.29) is 24.0 Å². The monoisotopic (exact) mass is 657 g/mol. The third kappa shape index (κ3) is 8.13. The molecule has 0 bridgehead atoms. The maximum Gasteiger partial charge on any atom is 0.337 e. The van der Waals surface area contributed by atoms with Gasteiger partial charge in [-0.05, 0) is 89.4 Å². The second kappa shape index (κ2) is 15.9. The van der Waals surface area contributed by atoms with Gasteiger partial charge >= 0.3 is 5.97 Å². The second-order valence-corrected chi connectivity index (χ2v) is 12.4. The average molecular weight is 658 g/mol. The topological polar surface area (TPSA) is 76.1 Å². The molecule has 1 heterocycles. The van der Waals surface area contributed by atoms with Crippen molar-refractivity contribution in [3.05, 3.63) is 167 Å². The Bertz CT molecular complexity index is 1860. The molecule has 3 atom stereocenters. The molecule has 0 spiro atoms. The summed E-state index contributed by atoms with van der Waals surface area (Å²) in [5.74, 6) is -0.925. The Morgan fingerprint density at radius 2 is 1.55 bits per heavy atom. The molecule has 2 unspecified atom stereocenters. The fraction of sp³-hybridized carbons (Fsp3) is 0.238. The molecule has 1 saturated heterocycles. The minimum atomic E-state index is -1.09. The number of benzene rings is 5. The SMILES string of the molecule is COC(=O)c1ccc(CCC[C@@H]2CC(OCc3ccccc3-c3ccccc3)CN2C(=O)c2ccccc2C(O)c2ccc(F)cc2)cc1. The van der Waals surface area contributed by atoms with Crippen LogP contribution in [-0.4, -0.2) is 47.7 Å². The normalized spacial score (nSPS) is 16.3. The smallest absolute Gasteiger partial charge is 0.337 e. The molecule has 1 aliphatic rings. The number of rotatable bonds is 12. The zero-order valence-electron chi connectivity index (χ0n) is 27.5. The van der Waals surface area contributed by atoms with Gasteiger partial charge in [0, 0.05) is 18.2 Å². The van der Waals surface area contributed by atoms with E-state index in [1.165, 1.54) is 31.4 Å². The molecule has 0 aromatic heterocycles. The van der Waals surface area contributed by atoms with E-state index in [1.807, 2.05) is 47.4 Å². The first kappa shape index (κ1) is 33.8. The molecule has 0 aliphatic carbocycles. The summed E-state index contributed by atoms with van der Waals surface area (Å²) in [7, 11) is 1.37. The number of nitrogens with zero attached hydrogens (tertiary/aromatic N) is 1. The number of carbonyl (C=O) groups is 2. The highest BCUT2D eigenvalue weighted by Gasteiger charge is 2.37. The van der Waals surface area contributed by atoms with Crippen molar-refractivity contribution in [2.24, 2.45) is 0 Å². The lowest BCUT2D eigenvalue weighted by molar-refractivity contribution is 0.0438. The molecular formula is C42H40FNO5. The highest BCUT2D eigenvalue weighted by molar-refractivity contribution is 5.96. The van der Waals surface area contributed by atoms with Crippen molar-refractivity contribution in [1.82, 2.24) is 4.90 Å². The summed E-state index contributed by atoms with van der Waals surface area (Å²) < 4.78 is 25.0. The quantitative estimate of drug-likeness (QED) is 0.137. The van der Waals surface area contributed by atoms with Gasteiger partial charge in [-0.1, -0.05) is 97.1 Å². The first-order chi connectivity index (χ1) is 23.9. The molecule has 1 N–H and O–H groups in total. The van der Waals surface area contributed by atoms with Gasteiger partial charge < -0.3 is 19.5 Å². The van der Waals surface area contributed by atoms with Gasteiger partial charge in [0.15, 0.2) is 0 Å². The molecule has 49 heavy (non-hydrogen) atoms. The number of ether oxygens (including phenoxy) is 2. The van der Waals surface area contributed by atoms with Crippen LogP contribution >= 0.6 is 0 Å². The number of aryl methyl sites for hydroxylation is 1. The number of hydrogen-bond acceptors (Lipinski definition) is 5. The molecule has 1 fully saturated rings. The minimum Gasteiger partial charge on any atom is -0.465 e. The first-order valence-electron chi connectivity index (χ1n) is 16.7. The van der Waals surface area contributed by atoms with Crippen molar-refractivity contribution >= 4 is 11.9 Å². The Labute approximate surface area is 286 Å². The van der Waals surface area contributed by atoms with Crippen molar-refractivity contribution in [2.45, 2.75) is 50.5 Å². The van der Waals surface area contributed by atoms with Crippen LogP contribution in [0, 0.1) is 5.82 Å². The van der Waals surface area contributed by atoms with Gasteiger partial charge in [-0.2, -0.15) is 0 Å². The van der Waals surface area contributed by atoms with Crippen LogP contribution in [0.5, 0.6) is 0 Å². The van der Waals surface area contributed by atoms with E-state index in [0.717, 1.165) is 41.5 Å². The largest absolute Gasteiger partial charge is 0.465 e. The first-order valence-corrected chi connectivity index (χ1v) is 16.7. The maximum absolute atomic E-state index is 14.3. The van der Waals surface area contributed by atoms with E-state index in [0.29, 0.717) is 41.8 Å². The van der Waals surface area contributed by atoms with E-state index >= 15 is 0 Å². The molecule has 5 aromatic carbocycles. The molecule has 0 saturated carbocycles. The van der Waals surface area contributed by atoms with Crippen LogP contribution in [0.1, 0.15) is 68.3 Å². The third-order valence-electron chi connectivity index (χ3n) is 9.26. The lowest BCUT2D eigenvalue weighted by Crippen LogP contribution is -2.37. The zero-order valence-corrected chi connectivity index (χ0v) is 27.5. The summed E-state index contributed by atoms with van der Waals surface area (Å²) in [5, 5.41) is 11.3. The van der Waals surface area contributed by atoms with Crippen LogP contribution in [0.25, 0.3) is 11.1 Å². The number of hydrogen-bond donors (Lipinski definition) is 1. The van der Waals surface area contributed by atoms with Crippen LogP contribution < -0.4 is 0 Å². The predicted octanol–water partition coefficient (Wildman–Crippen LogP) is 8.18. The summed E-state index contributed by atoms with van der Waals surface area (Å²) in [5.41, 5.74) is 6.33. The van der Waals surface area contributed by atoms with Gasteiger partial charge in [-0.15, -0.1) is 0 Å². The van der Waals surface area contributed by atoms with Gasteiger partial charge in [0.05, 0.1) is 25.4 Å². The summed E-state index contributed by atoms with van der Waals surface area (Å²) in [6.45, 7) is 0.836. The van der Waals surface area contributed by atoms with E-state index in [1.54, 1.807) is 36.4 Å². The third-order valence-corrected chi connectivity index (χ3v) is 9.26. The number of likely N-dealkylation sites (tertiary alicyclic amines) is 1. The van der Waals surface area contributed by atoms with E-state index in [2.05, 4.69) is 24.3 Å². The van der Waals surface area contributed by atoms with Gasteiger partial charge in [-0.25, -0.2) is 9.18 Å². The average Bonchev–Trinajstić information content (AvgIpc) is 3.57. The van der Waals surface area contributed by atoms with E-state index < -0.39 is 11.9 Å². The Morgan fingerprint density at radius 1 is 0.857 bits per heavy atom. The van der Waals surface area contributed by atoms with Crippen molar-refractivity contribution in [2.75, 3.05) is 13.7 Å². The lowest BCUT2D eigenvalue weighted by atomic mass is 9.95. The molecule has 6 nitrogen and oxygen atoms in total. The summed E-state index contributed by atoms with van der Waals surface area (Å²) >= 11 is 0. The minimum absolute atomic E-state index is 0.0766. The number of esters is 1. The number of aliphatic hydroxyl groups is 1. The van der Waals surface area contributed by atoms with E-state index in [4.69, 9.17) is 9.47 Å². The van der Waals surface area contributed by atoms with Gasteiger partial charge in [0.25, 0.3) is 5.91 Å². The molecule has 7 heteroatoms. The highest BCUT2D eigenvalue weighted by atomic mass is 19.1. The van der Waals surface area contributed by atoms with Crippen LogP contribution in [0.3, 0.4) is 0 Å². The fourth-order valence-electron chi connectivity index (χ4n) is 6.65. The summed E-state index contributed by atoms with van der Waals surface area (Å²) in [4.78, 5) is 28.1. The van der Waals surface area contributed by atoms with Crippen molar-refractivity contribution in [3.63, 3.8) is 0 Å². The fourth-order valence-corrected chi connectivity index (χ4v) is 6.65. The molecule has 0 radical (unpaired) electrons. The zero-order chi connectivity index (χ0) is 34.2. The van der Waals surface area contributed by atoms with Crippen LogP contribution in [0.15, 0.2) is 127 Å². The molecular weight excluding hydrogens is 617 g/mol. The number of aliphatic hydroxyl groups excluding tert-OH is 1. The Hall–Kier alpha value is -5.11. The van der Waals surface area contributed by atoms with Crippen molar-refractivity contribution < 1.29 is 28.6 Å². The predicted molar refractivity (Wildman–Crippen MR) is 188 cm³/mol. The van der Waals surface area contributed by atoms with Gasteiger partial charge in [0.2, 0.25) is 0 Å². The summed E-state index contributed by atoms with van der Waals surface area (Å²) in [6.07, 6.45) is 1.80. The Morgan fingerprint density at radius 3 is 2.31 bits per heavy atom. The summed E-state index contributed by atoms with van der Waals surface area (Å²) in [6, 6.07) is 38.6. The van der Waals surface area contributed by atoms with Crippen molar-refractivity contribution in [3.8, 4) is 11.1 Å². The van der Waals surface area contributed by atoms with E-state index in [9.17, 15) is 19.1 Å². The second-order valence-electron chi connectivity index (χ2n) is 12.4. The molecule has 250 valence electrons. The maximum atomic E-state index is 14.3. The number of carbonyl (C=O) groups excluding carboxylic acids is 2. The molecule has 1 amide bonds. The highest BCUT2D eigenvalue weighted by Crippen LogP contribution is 2.32. The molecule has 6 rings (SSSR count). The Kier molecular flexibility index (Phi) is 10.9. The van der Waals surface area contributed by atoms with Crippen molar-refractivity contribution in [1.29, 1.82) is 0 Å². The standard InChI is InChI=1S/C42H40FNO5/c1-48-42(47)32-20-18-29(19-21-32)10-9-14-35-26-36(49-28-33-13-5-6-15-37(33)30-11-3-2-4-12-30)27-44(35)41(46)39-17-8-7-16-38(39)40(45)31-22-24-34(43)25-23-31/h2-8,11-13,15-25,35-36,40,45H,9-10,14,26-28H2,1H3/t35-,36?,40?/m1/s1. The number of methoxy groups -OCH3 is 1. The number of amides is 1. The van der Waals surface area contributed by atoms with Crippen LogP contribution in [0.4, 0.5) is 4.39 Å². The van der Waals surface area contributed by atoms with Crippen LogP contribution in [0.2, 0.25) is 0 Å². The lowest BCUT2D eigenvalue weighted by Gasteiger charge is -2.26. The van der Waals surface area contributed by atoms with Crippen LogP contribution in [-0.2, 0) is 22.5 Å².